The highest BCUT2D eigenvalue weighted by molar-refractivity contribution is 5.61. The normalized spacial score (nSPS) is 10.6. The van der Waals surface area contributed by atoms with E-state index in [1.54, 1.807) is 24.1 Å². The first-order valence-corrected chi connectivity index (χ1v) is 8.10. The summed E-state index contributed by atoms with van der Waals surface area (Å²) in [4.78, 5) is 4.42. The molecule has 25 heavy (non-hydrogen) atoms. The first kappa shape index (κ1) is 16.8. The van der Waals surface area contributed by atoms with Gasteiger partial charge in [-0.1, -0.05) is 6.07 Å². The Balaban J connectivity index is 1.92. The summed E-state index contributed by atoms with van der Waals surface area (Å²) in [5.41, 5.74) is 1.66. The van der Waals surface area contributed by atoms with E-state index in [2.05, 4.69) is 30.9 Å². The zero-order valence-corrected chi connectivity index (χ0v) is 14.3. The van der Waals surface area contributed by atoms with Gasteiger partial charge in [-0.15, -0.1) is 15.3 Å². The molecule has 0 spiro atoms. The number of ether oxygens (including phenoxy) is 1. The van der Waals surface area contributed by atoms with E-state index in [-0.39, 0.29) is 0 Å². The number of hydrogen-bond donors (Lipinski definition) is 2. The Hall–Kier alpha value is -3.00. The molecule has 0 aliphatic rings. The van der Waals surface area contributed by atoms with Crippen LogP contribution in [0.3, 0.4) is 0 Å². The Morgan fingerprint density at radius 2 is 2.04 bits per heavy atom. The van der Waals surface area contributed by atoms with Gasteiger partial charge in [0.05, 0.1) is 18.5 Å². The van der Waals surface area contributed by atoms with Crippen LogP contribution in [-0.2, 0) is 0 Å². The molecular formula is C17H21N7O. The average molecular weight is 339 g/mol. The van der Waals surface area contributed by atoms with E-state index in [1.807, 2.05) is 37.4 Å². The average Bonchev–Trinajstić information content (AvgIpc) is 3.10. The van der Waals surface area contributed by atoms with Gasteiger partial charge in [0.15, 0.2) is 5.82 Å². The molecule has 0 bridgehead atoms. The Kier molecular flexibility index (Phi) is 5.53. The predicted molar refractivity (Wildman–Crippen MR) is 96.0 cm³/mol. The van der Waals surface area contributed by atoms with Crippen LogP contribution in [0.15, 0.2) is 42.6 Å². The topological polar surface area (TPSA) is 89.8 Å². The number of hydrogen-bond acceptors (Lipinski definition) is 7. The Labute approximate surface area is 146 Å². The third-order valence-electron chi connectivity index (χ3n) is 3.60. The van der Waals surface area contributed by atoms with Gasteiger partial charge in [-0.25, -0.2) is 4.68 Å². The van der Waals surface area contributed by atoms with E-state index >= 15 is 0 Å². The molecule has 0 unspecified atom stereocenters. The molecule has 8 heteroatoms. The molecule has 0 aliphatic carbocycles. The minimum Gasteiger partial charge on any atom is -0.480 e. The molecule has 3 heterocycles. The van der Waals surface area contributed by atoms with E-state index in [1.165, 1.54) is 0 Å². The third kappa shape index (κ3) is 4.10. The number of aromatic nitrogens is 5. The van der Waals surface area contributed by atoms with Gasteiger partial charge in [-0.2, -0.15) is 0 Å². The van der Waals surface area contributed by atoms with Crippen LogP contribution in [0.2, 0.25) is 0 Å². The molecule has 3 aromatic heterocycles. The number of anilines is 1. The smallest absolute Gasteiger partial charge is 0.233 e. The lowest BCUT2D eigenvalue weighted by molar-refractivity contribution is 0.391. The summed E-state index contributed by atoms with van der Waals surface area (Å²) in [5.74, 6) is 1.83. The first-order chi connectivity index (χ1) is 12.3. The van der Waals surface area contributed by atoms with Crippen molar-refractivity contribution in [3.8, 4) is 23.1 Å². The summed E-state index contributed by atoms with van der Waals surface area (Å²) in [7, 11) is 3.50. The minimum atomic E-state index is 0.459. The van der Waals surface area contributed by atoms with Crippen molar-refractivity contribution < 1.29 is 4.74 Å². The van der Waals surface area contributed by atoms with Gasteiger partial charge in [0.2, 0.25) is 5.88 Å². The highest BCUT2D eigenvalue weighted by Gasteiger charge is 2.14. The largest absolute Gasteiger partial charge is 0.480 e. The van der Waals surface area contributed by atoms with Gasteiger partial charge < -0.3 is 15.4 Å². The van der Waals surface area contributed by atoms with E-state index in [9.17, 15) is 0 Å². The molecule has 130 valence electrons. The lowest BCUT2D eigenvalue weighted by Gasteiger charge is -2.05. The lowest BCUT2D eigenvalue weighted by Crippen LogP contribution is -2.13. The summed E-state index contributed by atoms with van der Waals surface area (Å²) in [6, 6.07) is 11.3. The SMILES string of the molecule is CNCCCNc1cc(-c2ccccn2)n(-c2ccc(OC)nn2)n1. The van der Waals surface area contributed by atoms with Gasteiger partial charge in [-0.3, -0.25) is 4.98 Å². The van der Waals surface area contributed by atoms with E-state index in [4.69, 9.17) is 4.74 Å². The van der Waals surface area contributed by atoms with Crippen LogP contribution in [0, 0.1) is 0 Å². The quantitative estimate of drug-likeness (QED) is 0.604. The third-order valence-corrected chi connectivity index (χ3v) is 3.60. The fourth-order valence-electron chi connectivity index (χ4n) is 2.36. The summed E-state index contributed by atoms with van der Waals surface area (Å²) < 4.78 is 6.80. The van der Waals surface area contributed by atoms with Gasteiger partial charge in [0, 0.05) is 24.9 Å². The highest BCUT2D eigenvalue weighted by atomic mass is 16.5. The molecule has 0 fully saturated rings. The predicted octanol–water partition coefficient (Wildman–Crippen LogP) is 1.75. The molecular weight excluding hydrogens is 318 g/mol. The maximum atomic E-state index is 5.07. The molecule has 8 nitrogen and oxygen atoms in total. The zero-order chi connectivity index (χ0) is 17.5. The molecule has 3 aromatic rings. The Morgan fingerprint density at radius 1 is 1.12 bits per heavy atom. The van der Waals surface area contributed by atoms with Crippen molar-refractivity contribution in [3.63, 3.8) is 0 Å². The van der Waals surface area contributed by atoms with Crippen molar-refractivity contribution in [1.29, 1.82) is 0 Å². The molecule has 0 atom stereocenters. The second kappa shape index (κ2) is 8.20. The van der Waals surface area contributed by atoms with Crippen molar-refractivity contribution in [2.75, 3.05) is 32.6 Å². The molecule has 0 saturated heterocycles. The van der Waals surface area contributed by atoms with Crippen molar-refractivity contribution in [3.05, 3.63) is 42.6 Å². The number of methoxy groups -OCH3 is 1. The van der Waals surface area contributed by atoms with Gasteiger partial charge in [0.1, 0.15) is 5.82 Å². The highest BCUT2D eigenvalue weighted by Crippen LogP contribution is 2.23. The number of nitrogens with zero attached hydrogens (tertiary/aromatic N) is 5. The van der Waals surface area contributed by atoms with Gasteiger partial charge in [-0.05, 0) is 38.2 Å². The molecule has 0 aliphatic heterocycles. The molecule has 0 saturated carbocycles. The first-order valence-electron chi connectivity index (χ1n) is 8.10. The van der Waals surface area contributed by atoms with E-state index < -0.39 is 0 Å². The maximum absolute atomic E-state index is 5.07. The van der Waals surface area contributed by atoms with E-state index in [0.29, 0.717) is 11.7 Å². The number of rotatable bonds is 8. The molecule has 2 N–H and O–H groups in total. The lowest BCUT2D eigenvalue weighted by atomic mass is 10.2. The standard InChI is InChI=1S/C17H21N7O/c1-18-9-5-11-20-15-12-14(13-6-3-4-10-19-13)24(23-15)16-7-8-17(25-2)22-21-16/h3-4,6-8,10,12,18H,5,9,11H2,1-2H3,(H,20,23). The van der Waals surface area contributed by atoms with Crippen LogP contribution >= 0.6 is 0 Å². The number of nitrogens with one attached hydrogen (secondary N) is 2. The minimum absolute atomic E-state index is 0.459. The zero-order valence-electron chi connectivity index (χ0n) is 14.3. The van der Waals surface area contributed by atoms with Gasteiger partial charge >= 0.3 is 0 Å². The Morgan fingerprint density at radius 3 is 2.72 bits per heavy atom. The summed E-state index contributed by atoms with van der Waals surface area (Å²) in [6.45, 7) is 1.78. The summed E-state index contributed by atoms with van der Waals surface area (Å²) >= 11 is 0. The van der Waals surface area contributed by atoms with Crippen molar-refractivity contribution in [2.24, 2.45) is 0 Å². The number of pyridine rings is 1. The van der Waals surface area contributed by atoms with Crippen molar-refractivity contribution in [1.82, 2.24) is 30.3 Å². The Bertz CT molecular complexity index is 787. The second-order valence-electron chi connectivity index (χ2n) is 5.36. The second-order valence-corrected chi connectivity index (χ2v) is 5.36. The van der Waals surface area contributed by atoms with Crippen molar-refractivity contribution in [2.45, 2.75) is 6.42 Å². The van der Waals surface area contributed by atoms with Crippen LogP contribution in [-0.4, -0.2) is 52.2 Å². The monoisotopic (exact) mass is 339 g/mol. The van der Waals surface area contributed by atoms with Crippen LogP contribution in [0.25, 0.3) is 17.2 Å². The van der Waals surface area contributed by atoms with Crippen molar-refractivity contribution >= 4 is 5.82 Å². The fourth-order valence-corrected chi connectivity index (χ4v) is 2.36. The summed E-state index contributed by atoms with van der Waals surface area (Å²) in [6.07, 6.45) is 2.76. The van der Waals surface area contributed by atoms with Crippen LogP contribution in [0.1, 0.15) is 6.42 Å². The van der Waals surface area contributed by atoms with E-state index in [0.717, 1.165) is 36.7 Å². The van der Waals surface area contributed by atoms with Crippen LogP contribution in [0.5, 0.6) is 5.88 Å². The molecule has 0 aromatic carbocycles. The van der Waals surface area contributed by atoms with Crippen LogP contribution < -0.4 is 15.4 Å². The fraction of sp³-hybridized carbons (Fsp3) is 0.294. The molecule has 3 rings (SSSR count). The molecule has 0 amide bonds. The maximum Gasteiger partial charge on any atom is 0.233 e. The summed E-state index contributed by atoms with van der Waals surface area (Å²) in [5, 5.41) is 19.3. The molecule has 0 radical (unpaired) electrons. The van der Waals surface area contributed by atoms with Crippen LogP contribution in [0.4, 0.5) is 5.82 Å². The van der Waals surface area contributed by atoms with Gasteiger partial charge in [0.25, 0.3) is 0 Å².